The van der Waals surface area contributed by atoms with Crippen LogP contribution in [-0.4, -0.2) is 17.9 Å². The van der Waals surface area contributed by atoms with Crippen LogP contribution in [0.25, 0.3) is 16.5 Å². The van der Waals surface area contributed by atoms with E-state index in [2.05, 4.69) is 5.32 Å². The molecule has 138 valence electrons. The Bertz CT molecular complexity index is 1070. The zero-order valence-electron chi connectivity index (χ0n) is 15.1. The van der Waals surface area contributed by atoms with Crippen molar-refractivity contribution in [3.05, 3.63) is 70.0 Å². The van der Waals surface area contributed by atoms with Crippen molar-refractivity contribution in [3.63, 3.8) is 0 Å². The molecule has 0 aliphatic rings. The maximum absolute atomic E-state index is 12.3. The van der Waals surface area contributed by atoms with Crippen LogP contribution < -0.4 is 10.1 Å². The summed E-state index contributed by atoms with van der Waals surface area (Å²) in [7, 11) is 1.55. The van der Waals surface area contributed by atoms with E-state index in [1.807, 2.05) is 13.0 Å². The number of rotatable bonds is 5. The largest absolute Gasteiger partial charge is 0.496 e. The van der Waals surface area contributed by atoms with Crippen molar-refractivity contribution < 1.29 is 18.9 Å². The molecule has 1 N–H and O–H groups in total. The lowest BCUT2D eigenvalue weighted by Crippen LogP contribution is -2.09. The normalized spacial score (nSPS) is 11.4. The number of carbonyl (C=O) groups is 1. The Morgan fingerprint density at radius 2 is 2.07 bits per heavy atom. The van der Waals surface area contributed by atoms with E-state index in [1.54, 1.807) is 32.4 Å². The van der Waals surface area contributed by atoms with Crippen LogP contribution in [0.5, 0.6) is 5.75 Å². The molecule has 0 bridgehead atoms. The van der Waals surface area contributed by atoms with Gasteiger partial charge in [-0.3, -0.25) is 14.9 Å². The van der Waals surface area contributed by atoms with Gasteiger partial charge in [0.15, 0.2) is 0 Å². The number of aryl methyl sites for hydroxylation is 1. The molecule has 0 unspecified atom stereocenters. The number of nitrogens with zero attached hydrogens (tertiary/aromatic N) is 1. The Hall–Kier alpha value is -3.61. The number of nitrogens with one attached hydrogen (secondary N) is 1. The van der Waals surface area contributed by atoms with E-state index >= 15 is 0 Å². The fourth-order valence-corrected chi connectivity index (χ4v) is 2.81. The third kappa shape index (κ3) is 3.82. The predicted octanol–water partition coefficient (Wildman–Crippen LogP) is 4.70. The highest BCUT2D eigenvalue weighted by molar-refractivity contribution is 6.04. The van der Waals surface area contributed by atoms with Crippen molar-refractivity contribution in [2.75, 3.05) is 12.4 Å². The molecule has 7 heteroatoms. The number of non-ortho nitro benzene ring substituents is 1. The molecule has 0 saturated heterocycles. The SMILES string of the molecule is COc1cc2occ(C)c2cc1/C(C)=C/C(=O)Nc1cccc([N+](=O)[O-])c1. The Morgan fingerprint density at radius 1 is 1.30 bits per heavy atom. The Morgan fingerprint density at radius 3 is 2.78 bits per heavy atom. The number of hydrogen-bond acceptors (Lipinski definition) is 5. The Kier molecular flexibility index (Phi) is 4.94. The smallest absolute Gasteiger partial charge is 0.271 e. The Balaban J connectivity index is 1.89. The van der Waals surface area contributed by atoms with Gasteiger partial charge in [0.05, 0.1) is 18.3 Å². The molecule has 0 atom stereocenters. The molecule has 1 amide bonds. The van der Waals surface area contributed by atoms with E-state index < -0.39 is 4.92 Å². The first kappa shape index (κ1) is 18.2. The van der Waals surface area contributed by atoms with Crippen LogP contribution in [-0.2, 0) is 4.79 Å². The minimum atomic E-state index is -0.510. The second-order valence-corrected chi connectivity index (χ2v) is 6.09. The van der Waals surface area contributed by atoms with Gasteiger partial charge in [-0.15, -0.1) is 0 Å². The minimum absolute atomic E-state index is 0.0870. The molecule has 0 fully saturated rings. The number of amides is 1. The van der Waals surface area contributed by atoms with Crippen LogP contribution in [0.15, 0.2) is 53.2 Å². The maximum atomic E-state index is 12.3. The van der Waals surface area contributed by atoms with E-state index in [0.717, 1.165) is 16.5 Å². The summed E-state index contributed by atoms with van der Waals surface area (Å²) in [6.07, 6.45) is 3.10. The van der Waals surface area contributed by atoms with Gasteiger partial charge in [-0.2, -0.15) is 0 Å². The third-order valence-corrected chi connectivity index (χ3v) is 4.19. The monoisotopic (exact) mass is 366 g/mol. The summed E-state index contributed by atoms with van der Waals surface area (Å²) in [6, 6.07) is 9.48. The quantitative estimate of drug-likeness (QED) is 0.401. The lowest BCUT2D eigenvalue weighted by molar-refractivity contribution is -0.384. The molecular formula is C20H18N2O5. The van der Waals surface area contributed by atoms with Gasteiger partial charge in [0.25, 0.3) is 5.69 Å². The number of nitro groups is 1. The van der Waals surface area contributed by atoms with Gasteiger partial charge in [0, 0.05) is 40.9 Å². The van der Waals surface area contributed by atoms with Crippen molar-refractivity contribution in [1.82, 2.24) is 0 Å². The number of nitro benzene ring substituents is 1. The second kappa shape index (κ2) is 7.33. The fourth-order valence-electron chi connectivity index (χ4n) is 2.81. The van der Waals surface area contributed by atoms with Gasteiger partial charge in [0.1, 0.15) is 11.3 Å². The van der Waals surface area contributed by atoms with Gasteiger partial charge in [-0.25, -0.2) is 0 Å². The van der Waals surface area contributed by atoms with E-state index in [9.17, 15) is 14.9 Å². The molecular weight excluding hydrogens is 348 g/mol. The predicted molar refractivity (Wildman–Crippen MR) is 103 cm³/mol. The van der Waals surface area contributed by atoms with Crippen LogP contribution >= 0.6 is 0 Å². The summed E-state index contributed by atoms with van der Waals surface area (Å²) in [5, 5.41) is 14.4. The van der Waals surface area contributed by atoms with Crippen molar-refractivity contribution >= 4 is 33.8 Å². The van der Waals surface area contributed by atoms with Crippen LogP contribution in [0, 0.1) is 17.0 Å². The average molecular weight is 366 g/mol. The van der Waals surface area contributed by atoms with Gasteiger partial charge >= 0.3 is 0 Å². The molecule has 0 aliphatic heterocycles. The van der Waals surface area contributed by atoms with E-state index in [0.29, 0.717) is 22.6 Å². The standard InChI is InChI=1S/C20H18N2O5/c1-12(7-20(23)21-14-5-4-6-15(8-14)22(24)25)16-9-17-13(2)11-27-19(17)10-18(16)26-3/h4-11H,1-3H3,(H,21,23)/b12-7+. The zero-order valence-corrected chi connectivity index (χ0v) is 15.1. The molecule has 0 radical (unpaired) electrons. The summed E-state index contributed by atoms with van der Waals surface area (Å²) < 4.78 is 10.9. The summed E-state index contributed by atoms with van der Waals surface area (Å²) in [5.41, 5.74) is 3.42. The van der Waals surface area contributed by atoms with Gasteiger partial charge in [-0.1, -0.05) is 6.07 Å². The number of carbonyl (C=O) groups excluding carboxylic acids is 1. The summed E-state index contributed by atoms with van der Waals surface area (Å²) in [4.78, 5) is 22.7. The van der Waals surface area contributed by atoms with Crippen molar-refractivity contribution in [1.29, 1.82) is 0 Å². The summed E-state index contributed by atoms with van der Waals surface area (Å²) in [6.45, 7) is 3.74. The first-order valence-electron chi connectivity index (χ1n) is 8.19. The minimum Gasteiger partial charge on any atom is -0.496 e. The molecule has 2 aromatic carbocycles. The number of ether oxygens (including phenoxy) is 1. The fraction of sp³-hybridized carbons (Fsp3) is 0.150. The number of allylic oxidation sites excluding steroid dienone is 1. The van der Waals surface area contributed by atoms with E-state index in [1.165, 1.54) is 24.3 Å². The first-order chi connectivity index (χ1) is 12.9. The molecule has 3 rings (SSSR count). The molecule has 27 heavy (non-hydrogen) atoms. The number of furan rings is 1. The molecule has 0 aliphatic carbocycles. The number of methoxy groups -OCH3 is 1. The second-order valence-electron chi connectivity index (χ2n) is 6.09. The number of benzene rings is 2. The molecule has 1 heterocycles. The van der Waals surface area contributed by atoms with Crippen LogP contribution in [0.1, 0.15) is 18.1 Å². The van der Waals surface area contributed by atoms with Crippen molar-refractivity contribution in [3.8, 4) is 5.75 Å². The third-order valence-electron chi connectivity index (χ3n) is 4.19. The number of hydrogen-bond donors (Lipinski definition) is 1. The van der Waals surface area contributed by atoms with Crippen LogP contribution in [0.3, 0.4) is 0 Å². The molecule has 0 spiro atoms. The highest BCUT2D eigenvalue weighted by atomic mass is 16.6. The lowest BCUT2D eigenvalue weighted by Gasteiger charge is -2.10. The highest BCUT2D eigenvalue weighted by Crippen LogP contribution is 2.33. The molecule has 0 saturated carbocycles. The zero-order chi connectivity index (χ0) is 19.6. The Labute approximate surface area is 155 Å². The van der Waals surface area contributed by atoms with Crippen LogP contribution in [0.4, 0.5) is 11.4 Å². The first-order valence-corrected chi connectivity index (χ1v) is 8.19. The molecule has 1 aromatic heterocycles. The number of anilines is 1. The van der Waals surface area contributed by atoms with E-state index in [-0.39, 0.29) is 11.6 Å². The van der Waals surface area contributed by atoms with Crippen molar-refractivity contribution in [2.45, 2.75) is 13.8 Å². The topological polar surface area (TPSA) is 94.6 Å². The van der Waals surface area contributed by atoms with Crippen LogP contribution in [0.2, 0.25) is 0 Å². The highest BCUT2D eigenvalue weighted by Gasteiger charge is 2.13. The van der Waals surface area contributed by atoms with E-state index in [4.69, 9.17) is 9.15 Å². The average Bonchev–Trinajstić information content (AvgIpc) is 3.00. The molecule has 7 nitrogen and oxygen atoms in total. The van der Waals surface area contributed by atoms with Crippen molar-refractivity contribution in [2.24, 2.45) is 0 Å². The lowest BCUT2D eigenvalue weighted by atomic mass is 10.0. The summed E-state index contributed by atoms with van der Waals surface area (Å²) in [5.74, 6) is 0.202. The number of fused-ring (bicyclic) bond motifs is 1. The molecule has 3 aromatic rings. The van der Waals surface area contributed by atoms with Gasteiger partial charge < -0.3 is 14.5 Å². The summed E-state index contributed by atoms with van der Waals surface area (Å²) >= 11 is 0. The maximum Gasteiger partial charge on any atom is 0.271 e. The van der Waals surface area contributed by atoms with Gasteiger partial charge in [0.2, 0.25) is 5.91 Å². The van der Waals surface area contributed by atoms with Gasteiger partial charge in [-0.05, 0) is 37.1 Å².